The molecular weight excluding hydrogens is 455 g/mol. The van der Waals surface area contributed by atoms with Crippen molar-refractivity contribution in [1.82, 2.24) is 10.2 Å². The smallest absolute Gasteiger partial charge is 0.377 e. The highest BCUT2D eigenvalue weighted by molar-refractivity contribution is 5.88. The van der Waals surface area contributed by atoms with E-state index in [1.165, 1.54) is 34.7 Å². The average Bonchev–Trinajstić information content (AvgIpc) is 2.85. The molecular formula is C27H34F3N3O2. The molecule has 2 aliphatic rings. The molecule has 0 saturated carbocycles. The van der Waals surface area contributed by atoms with Gasteiger partial charge in [-0.25, -0.2) is 0 Å². The van der Waals surface area contributed by atoms with Crippen molar-refractivity contribution in [3.05, 3.63) is 65.7 Å². The minimum absolute atomic E-state index is 0.0745. The van der Waals surface area contributed by atoms with Gasteiger partial charge in [0.15, 0.2) is 0 Å². The number of rotatable bonds is 5. The van der Waals surface area contributed by atoms with Crippen LogP contribution in [0.25, 0.3) is 0 Å². The normalized spacial score (nSPS) is 22.0. The van der Waals surface area contributed by atoms with E-state index in [2.05, 4.69) is 22.3 Å². The van der Waals surface area contributed by atoms with Crippen LogP contribution in [0.15, 0.2) is 54.6 Å². The molecule has 2 saturated heterocycles. The Labute approximate surface area is 205 Å². The van der Waals surface area contributed by atoms with E-state index in [1.54, 1.807) is 6.07 Å². The van der Waals surface area contributed by atoms with Crippen molar-refractivity contribution in [2.45, 2.75) is 37.0 Å². The molecule has 0 aliphatic carbocycles. The van der Waals surface area contributed by atoms with Gasteiger partial charge >= 0.3 is 6.18 Å². The van der Waals surface area contributed by atoms with Gasteiger partial charge in [-0.2, -0.15) is 13.2 Å². The number of benzene rings is 2. The summed E-state index contributed by atoms with van der Waals surface area (Å²) in [4.78, 5) is 17.0. The number of methoxy groups -OCH3 is 1. The Bertz CT molecular complexity index is 1020. The first kappa shape index (κ1) is 25.5. The number of piperidine rings is 2. The molecule has 2 fully saturated rings. The number of likely N-dealkylation sites (tertiary alicyclic amines) is 1. The van der Waals surface area contributed by atoms with Gasteiger partial charge in [0, 0.05) is 58.0 Å². The van der Waals surface area contributed by atoms with Crippen LogP contribution in [0.2, 0.25) is 0 Å². The minimum Gasteiger partial charge on any atom is -0.377 e. The van der Waals surface area contributed by atoms with Gasteiger partial charge in [-0.05, 0) is 42.9 Å². The predicted octanol–water partition coefficient (Wildman–Crippen LogP) is 4.54. The van der Waals surface area contributed by atoms with Crippen molar-refractivity contribution in [2.24, 2.45) is 5.41 Å². The molecule has 1 spiro atoms. The molecule has 5 nitrogen and oxygen atoms in total. The molecule has 0 radical (unpaired) electrons. The van der Waals surface area contributed by atoms with E-state index in [4.69, 9.17) is 4.74 Å². The fourth-order valence-corrected chi connectivity index (χ4v) is 5.98. The molecule has 0 aromatic heterocycles. The molecule has 0 bridgehead atoms. The Hall–Kier alpha value is -2.58. The van der Waals surface area contributed by atoms with E-state index in [0.717, 1.165) is 32.3 Å². The maximum Gasteiger partial charge on any atom is 0.430 e. The maximum atomic E-state index is 14.4. The van der Waals surface area contributed by atoms with Crippen molar-refractivity contribution in [3.8, 4) is 0 Å². The number of nitrogens with one attached hydrogen (secondary N) is 1. The van der Waals surface area contributed by atoms with Gasteiger partial charge < -0.3 is 19.9 Å². The van der Waals surface area contributed by atoms with Gasteiger partial charge in [0.2, 0.25) is 0 Å². The van der Waals surface area contributed by atoms with Crippen molar-refractivity contribution < 1.29 is 22.7 Å². The first-order valence-electron chi connectivity index (χ1n) is 12.1. The summed E-state index contributed by atoms with van der Waals surface area (Å²) >= 11 is 0. The van der Waals surface area contributed by atoms with Crippen LogP contribution in [0.1, 0.15) is 36.3 Å². The Morgan fingerprint density at radius 2 is 1.66 bits per heavy atom. The third-order valence-electron chi connectivity index (χ3n) is 7.91. The molecule has 2 aromatic carbocycles. The van der Waals surface area contributed by atoms with E-state index in [0.29, 0.717) is 12.8 Å². The number of halogens is 3. The predicted molar refractivity (Wildman–Crippen MR) is 130 cm³/mol. The van der Waals surface area contributed by atoms with Gasteiger partial charge in [-0.15, -0.1) is 0 Å². The zero-order valence-corrected chi connectivity index (χ0v) is 20.6. The molecule has 4 rings (SSSR count). The number of alkyl halides is 3. The van der Waals surface area contributed by atoms with Gasteiger partial charge in [0.1, 0.15) is 0 Å². The summed E-state index contributed by atoms with van der Waals surface area (Å²) in [5, 5.41) is 3.51. The molecule has 2 aliphatic heterocycles. The van der Waals surface area contributed by atoms with Crippen molar-refractivity contribution in [2.75, 3.05) is 52.3 Å². The molecule has 35 heavy (non-hydrogen) atoms. The molecule has 2 aromatic rings. The summed E-state index contributed by atoms with van der Waals surface area (Å²) in [6.07, 6.45) is -2.66. The second-order valence-electron chi connectivity index (χ2n) is 9.86. The zero-order valence-electron chi connectivity index (χ0n) is 20.6. The van der Waals surface area contributed by atoms with Crippen LogP contribution in [0.5, 0.6) is 0 Å². The number of carbonyl (C=O) groups is 1. The van der Waals surface area contributed by atoms with E-state index < -0.39 is 17.7 Å². The lowest BCUT2D eigenvalue weighted by Gasteiger charge is -2.51. The Balaban J connectivity index is 1.62. The molecule has 190 valence electrons. The van der Waals surface area contributed by atoms with Crippen LogP contribution in [-0.2, 0) is 15.1 Å². The molecule has 1 N–H and O–H groups in total. The lowest BCUT2D eigenvalue weighted by atomic mass is 9.62. The molecule has 8 heteroatoms. The third-order valence-corrected chi connectivity index (χ3v) is 7.91. The summed E-state index contributed by atoms with van der Waals surface area (Å²) in [7, 11) is 5.01. The van der Waals surface area contributed by atoms with Gasteiger partial charge in [0.05, 0.1) is 0 Å². The Kier molecular flexibility index (Phi) is 7.16. The summed E-state index contributed by atoms with van der Waals surface area (Å²) in [5.41, 5.74) is -0.882. The first-order chi connectivity index (χ1) is 16.7. The van der Waals surface area contributed by atoms with E-state index in [-0.39, 0.29) is 30.0 Å². The van der Waals surface area contributed by atoms with Crippen LogP contribution in [0.3, 0.4) is 0 Å². The largest absolute Gasteiger partial charge is 0.430 e. The summed E-state index contributed by atoms with van der Waals surface area (Å²) < 4.78 is 48.3. The summed E-state index contributed by atoms with van der Waals surface area (Å²) in [5.74, 6) is -0.816. The summed E-state index contributed by atoms with van der Waals surface area (Å²) in [6, 6.07) is 15.5. The van der Waals surface area contributed by atoms with Crippen LogP contribution < -0.4 is 10.2 Å². The number of carbonyl (C=O) groups excluding carboxylic acids is 1. The van der Waals surface area contributed by atoms with Crippen LogP contribution >= 0.6 is 0 Å². The molecule has 2 atom stereocenters. The number of hydrogen-bond donors (Lipinski definition) is 1. The number of para-hydroxylation sites is 1. The molecule has 2 heterocycles. The maximum absolute atomic E-state index is 14.4. The van der Waals surface area contributed by atoms with Crippen LogP contribution in [0, 0.1) is 5.41 Å². The van der Waals surface area contributed by atoms with Gasteiger partial charge in [0.25, 0.3) is 11.5 Å². The minimum atomic E-state index is -4.89. The highest BCUT2D eigenvalue weighted by atomic mass is 19.4. The van der Waals surface area contributed by atoms with Crippen molar-refractivity contribution in [3.63, 3.8) is 0 Å². The number of anilines is 1. The quantitative estimate of drug-likeness (QED) is 0.670. The molecule has 0 unspecified atom stereocenters. The van der Waals surface area contributed by atoms with E-state index >= 15 is 0 Å². The van der Waals surface area contributed by atoms with Crippen molar-refractivity contribution in [1.29, 1.82) is 0 Å². The fraction of sp³-hybridized carbons (Fsp3) is 0.519. The summed E-state index contributed by atoms with van der Waals surface area (Å²) in [6.45, 7) is 2.22. The lowest BCUT2D eigenvalue weighted by Crippen LogP contribution is -2.59. The highest BCUT2D eigenvalue weighted by Crippen LogP contribution is 2.51. The topological polar surface area (TPSA) is 44.8 Å². The Morgan fingerprint density at radius 3 is 2.26 bits per heavy atom. The van der Waals surface area contributed by atoms with E-state index in [9.17, 15) is 18.0 Å². The lowest BCUT2D eigenvalue weighted by molar-refractivity contribution is -0.271. The van der Waals surface area contributed by atoms with E-state index in [1.807, 2.05) is 26.2 Å². The molecule has 1 amide bonds. The number of ether oxygens (including phenoxy) is 1. The van der Waals surface area contributed by atoms with Gasteiger partial charge in [-0.1, -0.05) is 48.5 Å². The SMILES string of the molecule is CO[C@@](C(=O)N1CCC2(CCNC[C@H]2c2ccccc2N(C)C)CC1)(c1ccccc1)C(F)(F)F. The third kappa shape index (κ3) is 4.42. The van der Waals surface area contributed by atoms with Gasteiger partial charge in [-0.3, -0.25) is 4.79 Å². The van der Waals surface area contributed by atoms with Crippen LogP contribution in [-0.4, -0.2) is 64.4 Å². The standard InChI is InChI=1S/C27H34F3N3O2/c1-32(2)23-12-8-7-11-21(23)22-19-31-16-13-25(22)14-17-33(18-15-25)24(34)26(35-3,27(28,29)30)20-9-5-4-6-10-20/h4-12,22,31H,13-19H2,1-3H3/t22-,26+/m0/s1. The monoisotopic (exact) mass is 489 g/mol. The number of nitrogens with zero attached hydrogens (tertiary/aromatic N) is 2. The fourth-order valence-electron chi connectivity index (χ4n) is 5.98. The number of hydrogen-bond acceptors (Lipinski definition) is 4. The second kappa shape index (κ2) is 9.82. The highest BCUT2D eigenvalue weighted by Gasteiger charge is 2.64. The van der Waals surface area contributed by atoms with Crippen LogP contribution in [0.4, 0.5) is 18.9 Å². The second-order valence-corrected chi connectivity index (χ2v) is 9.86. The zero-order chi connectivity index (χ0) is 25.3. The number of amides is 1. The van der Waals surface area contributed by atoms with Crippen molar-refractivity contribution >= 4 is 11.6 Å². The average molecular weight is 490 g/mol. The Morgan fingerprint density at radius 1 is 1.03 bits per heavy atom. The first-order valence-corrected chi connectivity index (χ1v) is 12.1.